The number of benzene rings is 2. The van der Waals surface area contributed by atoms with Crippen molar-refractivity contribution in [1.29, 1.82) is 0 Å². The average Bonchev–Trinajstić information content (AvgIpc) is 2.95. The summed E-state index contributed by atoms with van der Waals surface area (Å²) in [5.41, 5.74) is 3.83. The molecule has 1 heterocycles. The molecule has 0 saturated heterocycles. The lowest BCUT2D eigenvalue weighted by Crippen LogP contribution is -2.36. The molecule has 0 spiro atoms. The first kappa shape index (κ1) is 19.9. The monoisotopic (exact) mass is 376 g/mol. The number of hydrogen-bond acceptors (Lipinski definition) is 3. The van der Waals surface area contributed by atoms with Gasteiger partial charge in [-0.25, -0.2) is 0 Å². The zero-order chi connectivity index (χ0) is 20.1. The molecule has 28 heavy (non-hydrogen) atoms. The van der Waals surface area contributed by atoms with Gasteiger partial charge < -0.3 is 4.90 Å². The Hall–Kier alpha value is -2.88. The van der Waals surface area contributed by atoms with Gasteiger partial charge in [0.05, 0.1) is 5.57 Å². The normalized spacial score (nSPS) is 14.2. The lowest BCUT2D eigenvalue weighted by Gasteiger charge is -2.25. The smallest absolute Gasteiger partial charge is 0.278 e. The second-order valence-corrected chi connectivity index (χ2v) is 7.14. The predicted octanol–water partition coefficient (Wildman–Crippen LogP) is 4.79. The number of anilines is 1. The summed E-state index contributed by atoms with van der Waals surface area (Å²) >= 11 is 0. The van der Waals surface area contributed by atoms with Gasteiger partial charge in [-0.3, -0.25) is 14.5 Å². The highest BCUT2D eigenvalue weighted by molar-refractivity contribution is 6.36. The van der Waals surface area contributed by atoms with Crippen LogP contribution >= 0.6 is 0 Å². The molecule has 4 heteroatoms. The van der Waals surface area contributed by atoms with E-state index in [4.69, 9.17) is 0 Å². The second kappa shape index (κ2) is 8.87. The Morgan fingerprint density at radius 2 is 1.54 bits per heavy atom. The van der Waals surface area contributed by atoms with Crippen LogP contribution in [-0.2, 0) is 9.59 Å². The Labute approximate surface area is 167 Å². The summed E-state index contributed by atoms with van der Waals surface area (Å²) in [5.74, 6) is -0.378. The maximum atomic E-state index is 13.3. The van der Waals surface area contributed by atoms with E-state index in [0.29, 0.717) is 24.4 Å². The summed E-state index contributed by atoms with van der Waals surface area (Å²) in [4.78, 5) is 30.0. The van der Waals surface area contributed by atoms with E-state index in [0.717, 1.165) is 36.1 Å². The second-order valence-electron chi connectivity index (χ2n) is 7.14. The predicted molar refractivity (Wildman–Crippen MR) is 114 cm³/mol. The van der Waals surface area contributed by atoms with Crippen molar-refractivity contribution >= 4 is 23.1 Å². The molecule has 1 aliphatic rings. The zero-order valence-corrected chi connectivity index (χ0v) is 16.9. The summed E-state index contributed by atoms with van der Waals surface area (Å²) < 4.78 is 0. The van der Waals surface area contributed by atoms with Gasteiger partial charge in [-0.2, -0.15) is 0 Å². The van der Waals surface area contributed by atoms with E-state index in [1.807, 2.05) is 73.3 Å². The standard InChI is InChI=1S/C24H28N2O2/c1-4-6-10-17-26-23(27)21(19-15-13-18(3)14-16-19)22(24(26)28)25(5-2)20-11-8-7-9-12-20/h7-9,11-16H,4-6,10,17H2,1-3H3. The molecule has 0 N–H and O–H groups in total. The van der Waals surface area contributed by atoms with E-state index in [9.17, 15) is 9.59 Å². The molecule has 0 fully saturated rings. The number of likely N-dealkylation sites (N-methyl/N-ethyl adjacent to an activating group) is 1. The Morgan fingerprint density at radius 1 is 0.857 bits per heavy atom. The van der Waals surface area contributed by atoms with Gasteiger partial charge in [0, 0.05) is 18.8 Å². The third-order valence-electron chi connectivity index (χ3n) is 5.12. The first-order chi connectivity index (χ1) is 13.6. The summed E-state index contributed by atoms with van der Waals surface area (Å²) in [5, 5.41) is 0. The Balaban J connectivity index is 2.09. The van der Waals surface area contributed by atoms with E-state index >= 15 is 0 Å². The Bertz CT molecular complexity index is 869. The molecule has 0 aromatic heterocycles. The van der Waals surface area contributed by atoms with E-state index in [-0.39, 0.29) is 11.8 Å². The lowest BCUT2D eigenvalue weighted by molar-refractivity contribution is -0.137. The molecular formula is C24H28N2O2. The minimum atomic E-state index is -0.192. The highest BCUT2D eigenvalue weighted by Gasteiger charge is 2.41. The molecule has 3 rings (SSSR count). The van der Waals surface area contributed by atoms with Gasteiger partial charge in [0.25, 0.3) is 11.8 Å². The fraction of sp³-hybridized carbons (Fsp3) is 0.333. The fourth-order valence-corrected chi connectivity index (χ4v) is 3.59. The van der Waals surface area contributed by atoms with Gasteiger partial charge in [-0.15, -0.1) is 0 Å². The van der Waals surface area contributed by atoms with Crippen LogP contribution < -0.4 is 4.90 Å². The number of rotatable bonds is 8. The van der Waals surface area contributed by atoms with E-state index in [1.165, 1.54) is 4.90 Å². The van der Waals surface area contributed by atoms with Crippen molar-refractivity contribution in [2.24, 2.45) is 0 Å². The summed E-state index contributed by atoms with van der Waals surface area (Å²) in [6, 6.07) is 17.6. The van der Waals surface area contributed by atoms with Crippen LogP contribution in [0.1, 0.15) is 44.2 Å². The molecule has 0 saturated carbocycles. The quantitative estimate of drug-likeness (QED) is 0.491. The van der Waals surface area contributed by atoms with Crippen molar-refractivity contribution in [3.63, 3.8) is 0 Å². The van der Waals surface area contributed by atoms with Crippen LogP contribution in [0.2, 0.25) is 0 Å². The molecule has 0 aliphatic carbocycles. The van der Waals surface area contributed by atoms with Crippen LogP contribution in [0.5, 0.6) is 0 Å². The largest absolute Gasteiger partial charge is 0.337 e. The van der Waals surface area contributed by atoms with Gasteiger partial charge in [0.15, 0.2) is 0 Å². The minimum Gasteiger partial charge on any atom is -0.337 e. The molecule has 0 radical (unpaired) electrons. The van der Waals surface area contributed by atoms with Crippen LogP contribution in [0.4, 0.5) is 5.69 Å². The molecule has 4 nitrogen and oxygen atoms in total. The summed E-state index contributed by atoms with van der Waals surface area (Å²) in [6.45, 7) is 7.21. The van der Waals surface area contributed by atoms with Crippen molar-refractivity contribution in [3.05, 3.63) is 71.4 Å². The molecule has 0 atom stereocenters. The first-order valence-corrected chi connectivity index (χ1v) is 10.1. The number of unbranched alkanes of at least 4 members (excludes halogenated alkanes) is 2. The van der Waals surface area contributed by atoms with Crippen LogP contribution in [0.25, 0.3) is 5.57 Å². The minimum absolute atomic E-state index is 0.186. The van der Waals surface area contributed by atoms with Gasteiger partial charge in [-0.05, 0) is 38.0 Å². The number of aryl methyl sites for hydroxylation is 1. The van der Waals surface area contributed by atoms with Crippen molar-refractivity contribution < 1.29 is 9.59 Å². The number of hydrogen-bond donors (Lipinski definition) is 0. The lowest BCUT2D eigenvalue weighted by atomic mass is 10.0. The van der Waals surface area contributed by atoms with E-state index < -0.39 is 0 Å². The van der Waals surface area contributed by atoms with Crippen LogP contribution in [0, 0.1) is 6.92 Å². The summed E-state index contributed by atoms with van der Waals surface area (Å²) in [6.07, 6.45) is 2.88. The average molecular weight is 377 g/mol. The molecule has 146 valence electrons. The van der Waals surface area contributed by atoms with Crippen LogP contribution in [0.15, 0.2) is 60.3 Å². The van der Waals surface area contributed by atoms with Gasteiger partial charge >= 0.3 is 0 Å². The van der Waals surface area contributed by atoms with Crippen molar-refractivity contribution in [1.82, 2.24) is 4.90 Å². The zero-order valence-electron chi connectivity index (χ0n) is 16.9. The van der Waals surface area contributed by atoms with Gasteiger partial charge in [0.2, 0.25) is 0 Å². The number of nitrogens with zero attached hydrogens (tertiary/aromatic N) is 2. The highest BCUT2D eigenvalue weighted by Crippen LogP contribution is 2.34. The van der Waals surface area contributed by atoms with E-state index in [2.05, 4.69) is 6.92 Å². The van der Waals surface area contributed by atoms with Crippen molar-refractivity contribution in [3.8, 4) is 0 Å². The number of para-hydroxylation sites is 1. The number of amides is 2. The van der Waals surface area contributed by atoms with Crippen LogP contribution in [0.3, 0.4) is 0 Å². The van der Waals surface area contributed by atoms with Crippen LogP contribution in [-0.4, -0.2) is 29.8 Å². The van der Waals surface area contributed by atoms with Gasteiger partial charge in [0.1, 0.15) is 5.70 Å². The first-order valence-electron chi connectivity index (χ1n) is 10.1. The maximum Gasteiger partial charge on any atom is 0.278 e. The molecule has 0 bridgehead atoms. The number of imide groups is 1. The fourth-order valence-electron chi connectivity index (χ4n) is 3.59. The number of carbonyl (C=O) groups is 2. The van der Waals surface area contributed by atoms with Crippen molar-refractivity contribution in [2.75, 3.05) is 18.0 Å². The molecule has 2 aromatic carbocycles. The molecule has 1 aliphatic heterocycles. The highest BCUT2D eigenvalue weighted by atomic mass is 16.2. The molecule has 0 unspecified atom stereocenters. The SMILES string of the molecule is CCCCCN1C(=O)C(c2ccc(C)cc2)=C(N(CC)c2ccccc2)C1=O. The van der Waals surface area contributed by atoms with Crippen molar-refractivity contribution in [2.45, 2.75) is 40.0 Å². The van der Waals surface area contributed by atoms with Gasteiger partial charge in [-0.1, -0.05) is 67.8 Å². The molecule has 2 amide bonds. The molecule has 2 aromatic rings. The third-order valence-corrected chi connectivity index (χ3v) is 5.12. The van der Waals surface area contributed by atoms with E-state index in [1.54, 1.807) is 0 Å². The number of carbonyl (C=O) groups excluding carboxylic acids is 2. The Kier molecular flexibility index (Phi) is 6.30. The molecular weight excluding hydrogens is 348 g/mol. The third kappa shape index (κ3) is 3.86. The summed E-state index contributed by atoms with van der Waals surface area (Å²) in [7, 11) is 0. The maximum absolute atomic E-state index is 13.3. The topological polar surface area (TPSA) is 40.6 Å². The Morgan fingerprint density at radius 3 is 2.14 bits per heavy atom.